The van der Waals surface area contributed by atoms with Crippen LogP contribution in [0.1, 0.15) is 36.6 Å². The second-order valence-electron chi connectivity index (χ2n) is 7.16. The number of aromatic nitrogens is 4. The summed E-state index contributed by atoms with van der Waals surface area (Å²) in [5.41, 5.74) is 1.88. The predicted molar refractivity (Wildman–Crippen MR) is 103 cm³/mol. The lowest BCUT2D eigenvalue weighted by Gasteiger charge is -2.35. The summed E-state index contributed by atoms with van der Waals surface area (Å²) in [4.78, 5) is 36.0. The van der Waals surface area contributed by atoms with Crippen molar-refractivity contribution in [3.05, 3.63) is 68.8 Å². The molecule has 1 saturated heterocycles. The number of rotatable bonds is 3. The highest BCUT2D eigenvalue weighted by Gasteiger charge is 2.26. The van der Waals surface area contributed by atoms with Crippen LogP contribution in [0.25, 0.3) is 11.0 Å². The molecule has 0 unspecified atom stereocenters. The lowest BCUT2D eigenvalue weighted by atomic mass is 9.98. The summed E-state index contributed by atoms with van der Waals surface area (Å²) in [5.74, 6) is 0. The number of likely N-dealkylation sites (tertiary alicyclic amines) is 1. The number of nitrogens with zero attached hydrogens (tertiary/aromatic N) is 5. The van der Waals surface area contributed by atoms with Gasteiger partial charge in [-0.25, -0.2) is 9.78 Å². The number of aryl methyl sites for hydroxylation is 1. The molecule has 140 valence electrons. The summed E-state index contributed by atoms with van der Waals surface area (Å²) in [5, 5.41) is 0.470. The van der Waals surface area contributed by atoms with E-state index in [0.717, 1.165) is 42.6 Å². The molecule has 0 radical (unpaired) electrons. The molecule has 7 nitrogen and oxygen atoms in total. The van der Waals surface area contributed by atoms with Gasteiger partial charge in [-0.2, -0.15) is 0 Å². The molecule has 0 aliphatic carbocycles. The Morgan fingerprint density at radius 1 is 1.11 bits per heavy atom. The predicted octanol–water partition coefficient (Wildman–Crippen LogP) is 1.75. The standard InChI is InChI=1S/C20H23N5O2/c1-23-18-15(19(26)24(2)20(23)27)8-9-16(22-18)17-7-3-4-11-25(17)13-14-6-5-10-21-12-14/h5-6,8-10,12,17H,3-4,7,11,13H2,1-2H3/t17-/m1/s1. The minimum absolute atomic E-state index is 0.169. The molecule has 0 N–H and O–H groups in total. The SMILES string of the molecule is Cn1c(=O)c2ccc([C@H]3CCCCN3Cc3cccnc3)nc2n(C)c1=O. The minimum Gasteiger partial charge on any atom is -0.290 e. The van der Waals surface area contributed by atoms with Crippen LogP contribution in [0.15, 0.2) is 46.2 Å². The van der Waals surface area contributed by atoms with Gasteiger partial charge in [0.2, 0.25) is 0 Å². The molecule has 1 aliphatic heterocycles. The Morgan fingerprint density at radius 2 is 1.96 bits per heavy atom. The van der Waals surface area contributed by atoms with Crippen molar-refractivity contribution < 1.29 is 0 Å². The van der Waals surface area contributed by atoms with E-state index in [-0.39, 0.29) is 17.3 Å². The Balaban J connectivity index is 1.75. The van der Waals surface area contributed by atoms with Crippen LogP contribution in [0, 0.1) is 0 Å². The summed E-state index contributed by atoms with van der Waals surface area (Å²) in [6.45, 7) is 1.81. The van der Waals surface area contributed by atoms with Gasteiger partial charge in [0.25, 0.3) is 5.56 Å². The first-order valence-electron chi connectivity index (χ1n) is 9.26. The van der Waals surface area contributed by atoms with Gasteiger partial charge in [0.05, 0.1) is 17.1 Å². The highest BCUT2D eigenvalue weighted by molar-refractivity contribution is 5.74. The Bertz CT molecular complexity index is 1090. The van der Waals surface area contributed by atoms with Crippen LogP contribution in [0.5, 0.6) is 0 Å². The van der Waals surface area contributed by atoms with Gasteiger partial charge in [0, 0.05) is 33.0 Å². The van der Waals surface area contributed by atoms with E-state index in [4.69, 9.17) is 4.98 Å². The molecule has 1 fully saturated rings. The van der Waals surface area contributed by atoms with E-state index in [2.05, 4.69) is 16.0 Å². The van der Waals surface area contributed by atoms with E-state index in [0.29, 0.717) is 11.0 Å². The quantitative estimate of drug-likeness (QED) is 0.707. The van der Waals surface area contributed by atoms with Crippen molar-refractivity contribution in [1.29, 1.82) is 0 Å². The fourth-order valence-electron chi connectivity index (χ4n) is 3.90. The second-order valence-corrected chi connectivity index (χ2v) is 7.16. The van der Waals surface area contributed by atoms with Gasteiger partial charge in [-0.1, -0.05) is 12.5 Å². The van der Waals surface area contributed by atoms with Crippen molar-refractivity contribution in [2.24, 2.45) is 14.1 Å². The van der Waals surface area contributed by atoms with E-state index in [1.54, 1.807) is 19.3 Å². The lowest BCUT2D eigenvalue weighted by molar-refractivity contribution is 0.137. The van der Waals surface area contributed by atoms with Gasteiger partial charge in [-0.3, -0.25) is 23.8 Å². The molecule has 1 aliphatic rings. The fourth-order valence-corrected chi connectivity index (χ4v) is 3.90. The summed E-state index contributed by atoms with van der Waals surface area (Å²) < 4.78 is 2.58. The van der Waals surface area contributed by atoms with Gasteiger partial charge >= 0.3 is 5.69 Å². The third-order valence-corrected chi connectivity index (χ3v) is 5.39. The molecule has 0 amide bonds. The number of piperidine rings is 1. The van der Waals surface area contributed by atoms with Crippen LogP contribution in [0.2, 0.25) is 0 Å². The zero-order chi connectivity index (χ0) is 19.0. The Kier molecular flexibility index (Phi) is 4.61. The van der Waals surface area contributed by atoms with Crippen LogP contribution in [0.3, 0.4) is 0 Å². The van der Waals surface area contributed by atoms with E-state index >= 15 is 0 Å². The highest BCUT2D eigenvalue weighted by Crippen LogP contribution is 2.31. The molecular weight excluding hydrogens is 342 g/mol. The van der Waals surface area contributed by atoms with Gasteiger partial charge < -0.3 is 0 Å². The van der Waals surface area contributed by atoms with Crippen molar-refractivity contribution >= 4 is 11.0 Å². The largest absolute Gasteiger partial charge is 0.332 e. The Hall–Kier alpha value is -2.80. The molecule has 3 aromatic heterocycles. The maximum atomic E-state index is 12.4. The minimum atomic E-state index is -0.354. The van der Waals surface area contributed by atoms with E-state index in [9.17, 15) is 9.59 Å². The molecule has 0 aromatic carbocycles. The lowest BCUT2D eigenvalue weighted by Crippen LogP contribution is -2.38. The Labute approximate surface area is 156 Å². The van der Waals surface area contributed by atoms with Gasteiger partial charge in [-0.15, -0.1) is 0 Å². The molecule has 3 aromatic rings. The monoisotopic (exact) mass is 365 g/mol. The van der Waals surface area contributed by atoms with Crippen molar-refractivity contribution in [2.75, 3.05) is 6.54 Å². The maximum Gasteiger partial charge on any atom is 0.332 e. The summed E-state index contributed by atoms with van der Waals surface area (Å²) in [6, 6.07) is 7.94. The number of pyridine rings is 2. The molecule has 1 atom stereocenters. The zero-order valence-corrected chi connectivity index (χ0v) is 15.6. The summed E-state index contributed by atoms with van der Waals surface area (Å²) in [7, 11) is 3.16. The molecular formula is C20H23N5O2. The van der Waals surface area contributed by atoms with E-state index in [1.807, 2.05) is 18.3 Å². The van der Waals surface area contributed by atoms with Crippen molar-refractivity contribution in [1.82, 2.24) is 24.0 Å². The first-order chi connectivity index (χ1) is 13.1. The normalized spacial score (nSPS) is 18.1. The maximum absolute atomic E-state index is 12.4. The van der Waals surface area contributed by atoms with E-state index < -0.39 is 0 Å². The zero-order valence-electron chi connectivity index (χ0n) is 15.6. The molecule has 0 saturated carbocycles. The van der Waals surface area contributed by atoms with Crippen LogP contribution < -0.4 is 11.2 Å². The summed E-state index contributed by atoms with van der Waals surface area (Å²) in [6.07, 6.45) is 6.99. The number of fused-ring (bicyclic) bond motifs is 1. The second kappa shape index (κ2) is 7.08. The van der Waals surface area contributed by atoms with Crippen LogP contribution >= 0.6 is 0 Å². The van der Waals surface area contributed by atoms with Crippen LogP contribution in [-0.4, -0.2) is 30.5 Å². The van der Waals surface area contributed by atoms with Gasteiger partial charge in [0.1, 0.15) is 5.65 Å². The molecule has 4 rings (SSSR count). The molecule has 4 heterocycles. The average Bonchev–Trinajstić information content (AvgIpc) is 2.71. The smallest absolute Gasteiger partial charge is 0.290 e. The van der Waals surface area contributed by atoms with Crippen molar-refractivity contribution in [3.8, 4) is 0 Å². The van der Waals surface area contributed by atoms with Gasteiger partial charge in [0.15, 0.2) is 0 Å². The average molecular weight is 365 g/mol. The molecule has 27 heavy (non-hydrogen) atoms. The first kappa shape index (κ1) is 17.6. The van der Waals surface area contributed by atoms with Crippen LogP contribution in [0.4, 0.5) is 0 Å². The van der Waals surface area contributed by atoms with Crippen molar-refractivity contribution in [2.45, 2.75) is 31.8 Å². The number of hydrogen-bond acceptors (Lipinski definition) is 5. The third-order valence-electron chi connectivity index (χ3n) is 5.39. The summed E-state index contributed by atoms with van der Waals surface area (Å²) >= 11 is 0. The van der Waals surface area contributed by atoms with Crippen LogP contribution in [-0.2, 0) is 20.6 Å². The molecule has 0 spiro atoms. The Morgan fingerprint density at radius 3 is 2.74 bits per heavy atom. The highest BCUT2D eigenvalue weighted by atomic mass is 16.2. The van der Waals surface area contributed by atoms with Gasteiger partial charge in [-0.05, 0) is 43.1 Å². The topological polar surface area (TPSA) is 73.0 Å². The fraction of sp³-hybridized carbons (Fsp3) is 0.400. The molecule has 7 heteroatoms. The first-order valence-corrected chi connectivity index (χ1v) is 9.26. The number of hydrogen-bond donors (Lipinski definition) is 0. The third kappa shape index (κ3) is 3.19. The molecule has 0 bridgehead atoms. The van der Waals surface area contributed by atoms with Crippen molar-refractivity contribution in [3.63, 3.8) is 0 Å². The van der Waals surface area contributed by atoms with E-state index in [1.165, 1.54) is 17.2 Å².